The van der Waals surface area contributed by atoms with Gasteiger partial charge in [0, 0.05) is 12.1 Å². The predicted octanol–water partition coefficient (Wildman–Crippen LogP) is 2.55. The van der Waals surface area contributed by atoms with Gasteiger partial charge in [-0.1, -0.05) is 13.0 Å². The van der Waals surface area contributed by atoms with Crippen LogP contribution in [-0.2, 0) is 6.54 Å². The van der Waals surface area contributed by atoms with Gasteiger partial charge in [-0.15, -0.1) is 0 Å². The summed E-state index contributed by atoms with van der Waals surface area (Å²) in [6.07, 6.45) is 0. The Morgan fingerprint density at radius 3 is 2.54 bits per heavy atom. The molecular formula is C11H16FN. The van der Waals surface area contributed by atoms with Crippen LogP contribution in [0.3, 0.4) is 0 Å². The third kappa shape index (κ3) is 2.52. The molecule has 0 aliphatic rings. The zero-order valence-corrected chi connectivity index (χ0v) is 8.45. The van der Waals surface area contributed by atoms with Crippen molar-refractivity contribution in [1.29, 1.82) is 0 Å². The van der Waals surface area contributed by atoms with Gasteiger partial charge >= 0.3 is 0 Å². The molecule has 1 rings (SSSR count). The van der Waals surface area contributed by atoms with Crippen LogP contribution in [0.1, 0.15) is 23.6 Å². The van der Waals surface area contributed by atoms with Crippen molar-refractivity contribution in [1.82, 2.24) is 5.32 Å². The second kappa shape index (κ2) is 4.38. The van der Waals surface area contributed by atoms with Crippen molar-refractivity contribution < 1.29 is 4.39 Å². The lowest BCUT2D eigenvalue weighted by atomic mass is 10.1. The highest BCUT2D eigenvalue weighted by Crippen LogP contribution is 2.15. The van der Waals surface area contributed by atoms with Crippen molar-refractivity contribution in [2.75, 3.05) is 6.54 Å². The van der Waals surface area contributed by atoms with Crippen molar-refractivity contribution in [3.05, 3.63) is 34.6 Å². The largest absolute Gasteiger partial charge is 0.313 e. The molecule has 0 bridgehead atoms. The molecule has 0 amide bonds. The lowest BCUT2D eigenvalue weighted by Crippen LogP contribution is -2.14. The summed E-state index contributed by atoms with van der Waals surface area (Å²) >= 11 is 0. The maximum absolute atomic E-state index is 13.4. The SMILES string of the molecule is CCNCc1c(C)cc(C)cc1F. The zero-order valence-electron chi connectivity index (χ0n) is 8.45. The van der Waals surface area contributed by atoms with Gasteiger partial charge in [-0.05, 0) is 37.6 Å². The molecule has 0 spiro atoms. The van der Waals surface area contributed by atoms with Crippen LogP contribution >= 0.6 is 0 Å². The third-order valence-electron chi connectivity index (χ3n) is 2.11. The van der Waals surface area contributed by atoms with Gasteiger partial charge in [0.1, 0.15) is 5.82 Å². The Hall–Kier alpha value is -0.890. The second-order valence-corrected chi connectivity index (χ2v) is 3.32. The Balaban J connectivity index is 2.92. The standard InChI is InChI=1S/C11H16FN/c1-4-13-7-10-9(3)5-8(2)6-11(10)12/h5-6,13H,4,7H2,1-3H3. The molecule has 13 heavy (non-hydrogen) atoms. The van der Waals surface area contributed by atoms with E-state index in [0.717, 1.165) is 23.2 Å². The number of aryl methyl sites for hydroxylation is 2. The molecule has 1 N–H and O–H groups in total. The van der Waals surface area contributed by atoms with E-state index in [-0.39, 0.29) is 5.82 Å². The minimum absolute atomic E-state index is 0.0987. The van der Waals surface area contributed by atoms with Gasteiger partial charge in [0.15, 0.2) is 0 Å². The van der Waals surface area contributed by atoms with E-state index in [4.69, 9.17) is 0 Å². The molecule has 0 atom stereocenters. The van der Waals surface area contributed by atoms with E-state index in [2.05, 4.69) is 5.32 Å². The average Bonchev–Trinajstić information content (AvgIpc) is 2.02. The molecule has 1 aromatic carbocycles. The quantitative estimate of drug-likeness (QED) is 0.755. The molecule has 0 unspecified atom stereocenters. The lowest BCUT2D eigenvalue weighted by Gasteiger charge is -2.08. The van der Waals surface area contributed by atoms with Gasteiger partial charge in [-0.3, -0.25) is 0 Å². The van der Waals surface area contributed by atoms with Gasteiger partial charge < -0.3 is 5.32 Å². The molecular weight excluding hydrogens is 165 g/mol. The number of rotatable bonds is 3. The van der Waals surface area contributed by atoms with Crippen LogP contribution in [0.5, 0.6) is 0 Å². The van der Waals surface area contributed by atoms with Crippen LogP contribution < -0.4 is 5.32 Å². The van der Waals surface area contributed by atoms with Crippen LogP contribution in [0.25, 0.3) is 0 Å². The Morgan fingerprint density at radius 1 is 1.31 bits per heavy atom. The highest BCUT2D eigenvalue weighted by Gasteiger charge is 2.05. The molecule has 0 aliphatic heterocycles. The maximum Gasteiger partial charge on any atom is 0.128 e. The fraction of sp³-hybridized carbons (Fsp3) is 0.455. The Bertz CT molecular complexity index is 271. The molecule has 0 fully saturated rings. The van der Waals surface area contributed by atoms with Crippen molar-refractivity contribution in [3.63, 3.8) is 0 Å². The molecule has 2 heteroatoms. The maximum atomic E-state index is 13.4. The molecule has 0 saturated carbocycles. The van der Waals surface area contributed by atoms with Crippen LogP contribution in [0.2, 0.25) is 0 Å². The molecule has 1 nitrogen and oxygen atoms in total. The van der Waals surface area contributed by atoms with E-state index in [1.54, 1.807) is 6.07 Å². The fourth-order valence-corrected chi connectivity index (χ4v) is 1.42. The molecule has 0 aromatic heterocycles. The smallest absolute Gasteiger partial charge is 0.128 e. The summed E-state index contributed by atoms with van der Waals surface area (Å²) in [5.41, 5.74) is 2.79. The van der Waals surface area contributed by atoms with Gasteiger partial charge in [-0.25, -0.2) is 4.39 Å². The van der Waals surface area contributed by atoms with Crippen LogP contribution in [-0.4, -0.2) is 6.54 Å². The Labute approximate surface area is 79.0 Å². The zero-order chi connectivity index (χ0) is 9.84. The summed E-state index contributed by atoms with van der Waals surface area (Å²) in [4.78, 5) is 0. The van der Waals surface area contributed by atoms with E-state index in [1.807, 2.05) is 26.8 Å². The first kappa shape index (κ1) is 10.2. The van der Waals surface area contributed by atoms with Gasteiger partial charge in [0.2, 0.25) is 0 Å². The lowest BCUT2D eigenvalue weighted by molar-refractivity contribution is 0.590. The number of benzene rings is 1. The van der Waals surface area contributed by atoms with Crippen molar-refractivity contribution >= 4 is 0 Å². The Kier molecular flexibility index (Phi) is 3.43. The van der Waals surface area contributed by atoms with Crippen LogP contribution in [0, 0.1) is 19.7 Å². The van der Waals surface area contributed by atoms with E-state index in [9.17, 15) is 4.39 Å². The van der Waals surface area contributed by atoms with Crippen LogP contribution in [0.4, 0.5) is 4.39 Å². The summed E-state index contributed by atoms with van der Waals surface area (Å²) in [6.45, 7) is 7.36. The molecule has 1 aromatic rings. The van der Waals surface area contributed by atoms with E-state index in [0.29, 0.717) is 6.54 Å². The average molecular weight is 181 g/mol. The van der Waals surface area contributed by atoms with Gasteiger partial charge in [-0.2, -0.15) is 0 Å². The molecule has 0 saturated heterocycles. The van der Waals surface area contributed by atoms with Crippen molar-refractivity contribution in [2.45, 2.75) is 27.3 Å². The predicted molar refractivity (Wildman–Crippen MR) is 53.3 cm³/mol. The number of nitrogens with one attached hydrogen (secondary N) is 1. The fourth-order valence-electron chi connectivity index (χ4n) is 1.42. The first-order valence-corrected chi connectivity index (χ1v) is 4.61. The van der Waals surface area contributed by atoms with Crippen molar-refractivity contribution in [3.8, 4) is 0 Å². The monoisotopic (exact) mass is 181 g/mol. The van der Waals surface area contributed by atoms with E-state index < -0.39 is 0 Å². The van der Waals surface area contributed by atoms with Crippen molar-refractivity contribution in [2.24, 2.45) is 0 Å². The minimum Gasteiger partial charge on any atom is -0.313 e. The topological polar surface area (TPSA) is 12.0 Å². The van der Waals surface area contributed by atoms with Crippen LogP contribution in [0.15, 0.2) is 12.1 Å². The first-order valence-electron chi connectivity index (χ1n) is 4.61. The summed E-state index contributed by atoms with van der Waals surface area (Å²) < 4.78 is 13.4. The number of hydrogen-bond acceptors (Lipinski definition) is 1. The summed E-state index contributed by atoms with van der Waals surface area (Å²) in [6, 6.07) is 3.59. The highest BCUT2D eigenvalue weighted by atomic mass is 19.1. The number of hydrogen-bond donors (Lipinski definition) is 1. The Morgan fingerprint density at radius 2 is 2.00 bits per heavy atom. The molecule has 0 heterocycles. The number of halogens is 1. The third-order valence-corrected chi connectivity index (χ3v) is 2.11. The molecule has 0 aliphatic carbocycles. The highest BCUT2D eigenvalue weighted by molar-refractivity contribution is 5.31. The van der Waals surface area contributed by atoms with E-state index in [1.165, 1.54) is 0 Å². The summed E-state index contributed by atoms with van der Waals surface area (Å²) in [5, 5.41) is 3.13. The second-order valence-electron chi connectivity index (χ2n) is 3.32. The van der Waals surface area contributed by atoms with E-state index >= 15 is 0 Å². The molecule has 72 valence electrons. The minimum atomic E-state index is -0.0987. The van der Waals surface area contributed by atoms with Gasteiger partial charge in [0.05, 0.1) is 0 Å². The molecule has 0 radical (unpaired) electrons. The first-order chi connectivity index (χ1) is 6.15. The summed E-state index contributed by atoms with van der Waals surface area (Å²) in [7, 11) is 0. The van der Waals surface area contributed by atoms with Gasteiger partial charge in [0.25, 0.3) is 0 Å². The summed E-state index contributed by atoms with van der Waals surface area (Å²) in [5.74, 6) is -0.0987. The normalized spacial score (nSPS) is 10.5.